The molecule has 0 bridgehead atoms. The van der Waals surface area contributed by atoms with Crippen molar-refractivity contribution in [3.8, 4) is 12.3 Å². The minimum absolute atomic E-state index is 0.278. The fourth-order valence-electron chi connectivity index (χ4n) is 1.92. The van der Waals surface area contributed by atoms with Crippen LogP contribution in [0.4, 0.5) is 16.2 Å². The Balaban J connectivity index is 2.07. The number of carbonyl (C=O) groups is 1. The monoisotopic (exact) mass is 264 g/mol. The first-order valence-electron chi connectivity index (χ1n) is 6.45. The lowest BCUT2D eigenvalue weighted by atomic mass is 10.1. The van der Waals surface area contributed by atoms with Crippen LogP contribution in [-0.4, -0.2) is 6.03 Å². The lowest BCUT2D eigenvalue weighted by molar-refractivity contribution is 0.262. The third-order valence-electron chi connectivity index (χ3n) is 2.93. The molecule has 2 N–H and O–H groups in total. The normalized spacial score (nSPS) is 9.60. The van der Waals surface area contributed by atoms with Crippen molar-refractivity contribution in [1.29, 1.82) is 0 Å². The van der Waals surface area contributed by atoms with Crippen molar-refractivity contribution < 1.29 is 4.79 Å². The maximum absolute atomic E-state index is 12.0. The van der Waals surface area contributed by atoms with Crippen LogP contribution in [0.1, 0.15) is 18.1 Å². The zero-order chi connectivity index (χ0) is 14.4. The first-order valence-corrected chi connectivity index (χ1v) is 6.45. The van der Waals surface area contributed by atoms with E-state index in [-0.39, 0.29) is 6.03 Å². The highest BCUT2D eigenvalue weighted by Crippen LogP contribution is 2.16. The van der Waals surface area contributed by atoms with E-state index in [1.54, 1.807) is 12.1 Å². The molecule has 3 nitrogen and oxygen atoms in total. The molecule has 0 unspecified atom stereocenters. The van der Waals surface area contributed by atoms with Gasteiger partial charge in [0.1, 0.15) is 0 Å². The van der Waals surface area contributed by atoms with Crippen LogP contribution in [0, 0.1) is 12.3 Å². The summed E-state index contributed by atoms with van der Waals surface area (Å²) in [5.41, 5.74) is 3.32. The first-order chi connectivity index (χ1) is 9.72. The van der Waals surface area contributed by atoms with Crippen molar-refractivity contribution >= 4 is 17.4 Å². The van der Waals surface area contributed by atoms with Crippen molar-refractivity contribution in [2.45, 2.75) is 13.3 Å². The maximum atomic E-state index is 12.0. The molecule has 20 heavy (non-hydrogen) atoms. The molecule has 0 aliphatic heterocycles. The van der Waals surface area contributed by atoms with Gasteiger partial charge in [0.05, 0.1) is 0 Å². The predicted octanol–water partition coefficient (Wildman–Crippen LogP) is 3.87. The number of hydrogen-bond donors (Lipinski definition) is 2. The van der Waals surface area contributed by atoms with Crippen LogP contribution in [0.5, 0.6) is 0 Å². The van der Waals surface area contributed by atoms with E-state index in [2.05, 4.69) is 23.5 Å². The van der Waals surface area contributed by atoms with Gasteiger partial charge in [-0.25, -0.2) is 4.79 Å². The Labute approximate surface area is 119 Å². The average Bonchev–Trinajstić information content (AvgIpc) is 2.48. The molecule has 0 saturated carbocycles. The van der Waals surface area contributed by atoms with Crippen LogP contribution in [0.3, 0.4) is 0 Å². The number of aryl methyl sites for hydroxylation is 1. The molecule has 2 aromatic carbocycles. The Morgan fingerprint density at radius 2 is 1.95 bits per heavy atom. The number of amides is 2. The number of anilines is 2. The number of nitrogens with one attached hydrogen (secondary N) is 2. The summed E-state index contributed by atoms with van der Waals surface area (Å²) in [6, 6.07) is 14.6. The summed E-state index contributed by atoms with van der Waals surface area (Å²) in [7, 11) is 0. The third-order valence-corrected chi connectivity index (χ3v) is 2.93. The SMILES string of the molecule is C#Cc1cccc(NC(=O)Nc2ccccc2CC)c1. The minimum atomic E-state index is -0.278. The minimum Gasteiger partial charge on any atom is -0.308 e. The summed E-state index contributed by atoms with van der Waals surface area (Å²) in [6.45, 7) is 2.05. The van der Waals surface area contributed by atoms with Crippen LogP contribution in [0.2, 0.25) is 0 Å². The second-order valence-corrected chi connectivity index (χ2v) is 4.31. The molecule has 0 atom stereocenters. The molecule has 2 amide bonds. The van der Waals surface area contributed by atoms with E-state index in [1.165, 1.54) is 0 Å². The van der Waals surface area contributed by atoms with Gasteiger partial charge in [0, 0.05) is 16.9 Å². The van der Waals surface area contributed by atoms with Crippen LogP contribution in [0.25, 0.3) is 0 Å². The molecular formula is C17H16N2O. The summed E-state index contributed by atoms with van der Waals surface area (Å²) in [5.74, 6) is 2.54. The molecule has 100 valence electrons. The van der Waals surface area contributed by atoms with Gasteiger partial charge in [0.25, 0.3) is 0 Å². The molecule has 0 fully saturated rings. The Bertz CT molecular complexity index is 656. The van der Waals surface area contributed by atoms with Crippen molar-refractivity contribution in [1.82, 2.24) is 0 Å². The van der Waals surface area contributed by atoms with E-state index >= 15 is 0 Å². The maximum Gasteiger partial charge on any atom is 0.323 e. The second kappa shape index (κ2) is 6.44. The van der Waals surface area contributed by atoms with Gasteiger partial charge < -0.3 is 10.6 Å². The summed E-state index contributed by atoms with van der Waals surface area (Å²) < 4.78 is 0. The molecular weight excluding hydrogens is 248 g/mol. The van der Waals surface area contributed by atoms with Crippen LogP contribution in [-0.2, 0) is 6.42 Å². The van der Waals surface area contributed by atoms with Gasteiger partial charge in [-0.15, -0.1) is 6.42 Å². The average molecular weight is 264 g/mol. The van der Waals surface area contributed by atoms with Crippen LogP contribution < -0.4 is 10.6 Å². The lowest BCUT2D eigenvalue weighted by Crippen LogP contribution is -2.20. The van der Waals surface area contributed by atoms with Crippen molar-refractivity contribution in [2.24, 2.45) is 0 Å². The Hall–Kier alpha value is -2.73. The Kier molecular flexibility index (Phi) is 4.41. The van der Waals surface area contributed by atoms with Gasteiger partial charge in [-0.05, 0) is 36.2 Å². The number of urea groups is 1. The number of terminal acetylenes is 1. The Morgan fingerprint density at radius 1 is 1.15 bits per heavy atom. The molecule has 0 heterocycles. The molecule has 0 saturated heterocycles. The van der Waals surface area contributed by atoms with E-state index < -0.39 is 0 Å². The van der Waals surface area contributed by atoms with Gasteiger partial charge in [0.15, 0.2) is 0 Å². The molecule has 0 aliphatic carbocycles. The standard InChI is InChI=1S/C17H16N2O/c1-3-13-8-7-10-15(12-13)18-17(20)19-16-11-6-5-9-14(16)4-2/h1,5-12H,4H2,2H3,(H2,18,19,20). The van der Waals surface area contributed by atoms with Gasteiger partial charge >= 0.3 is 6.03 Å². The number of carbonyl (C=O) groups excluding carboxylic acids is 1. The van der Waals surface area contributed by atoms with Crippen molar-refractivity contribution in [3.63, 3.8) is 0 Å². The zero-order valence-electron chi connectivity index (χ0n) is 11.3. The van der Waals surface area contributed by atoms with Gasteiger partial charge in [-0.1, -0.05) is 37.1 Å². The summed E-state index contributed by atoms with van der Waals surface area (Å²) in [5, 5.41) is 5.62. The summed E-state index contributed by atoms with van der Waals surface area (Å²) >= 11 is 0. The van der Waals surface area contributed by atoms with Crippen LogP contribution >= 0.6 is 0 Å². The summed E-state index contributed by atoms with van der Waals surface area (Å²) in [6.07, 6.45) is 6.20. The van der Waals surface area contributed by atoms with Gasteiger partial charge in [0.2, 0.25) is 0 Å². The fraction of sp³-hybridized carbons (Fsp3) is 0.118. The highest BCUT2D eigenvalue weighted by atomic mass is 16.2. The Morgan fingerprint density at radius 3 is 2.70 bits per heavy atom. The van der Waals surface area contributed by atoms with E-state index in [4.69, 9.17) is 6.42 Å². The largest absolute Gasteiger partial charge is 0.323 e. The number of rotatable bonds is 3. The number of hydrogen-bond acceptors (Lipinski definition) is 1. The van der Waals surface area contributed by atoms with E-state index in [9.17, 15) is 4.79 Å². The lowest BCUT2D eigenvalue weighted by Gasteiger charge is -2.11. The fourth-order valence-corrected chi connectivity index (χ4v) is 1.92. The molecule has 0 aliphatic rings. The van der Waals surface area contributed by atoms with E-state index in [1.807, 2.05) is 36.4 Å². The zero-order valence-corrected chi connectivity index (χ0v) is 11.3. The molecule has 0 radical (unpaired) electrons. The quantitative estimate of drug-likeness (QED) is 0.812. The third kappa shape index (κ3) is 3.39. The second-order valence-electron chi connectivity index (χ2n) is 4.31. The smallest absolute Gasteiger partial charge is 0.308 e. The molecule has 0 aromatic heterocycles. The first kappa shape index (κ1) is 13.7. The van der Waals surface area contributed by atoms with Crippen molar-refractivity contribution in [2.75, 3.05) is 10.6 Å². The molecule has 0 spiro atoms. The highest BCUT2D eigenvalue weighted by molar-refractivity contribution is 6.00. The van der Waals surface area contributed by atoms with Crippen LogP contribution in [0.15, 0.2) is 48.5 Å². The topological polar surface area (TPSA) is 41.1 Å². The van der Waals surface area contributed by atoms with E-state index in [0.717, 1.165) is 23.2 Å². The number of benzene rings is 2. The van der Waals surface area contributed by atoms with Gasteiger partial charge in [-0.3, -0.25) is 0 Å². The van der Waals surface area contributed by atoms with E-state index in [0.29, 0.717) is 5.69 Å². The molecule has 2 rings (SSSR count). The highest BCUT2D eigenvalue weighted by Gasteiger charge is 2.05. The number of para-hydroxylation sites is 1. The molecule has 2 aromatic rings. The van der Waals surface area contributed by atoms with Crippen molar-refractivity contribution in [3.05, 3.63) is 59.7 Å². The predicted molar refractivity (Wildman–Crippen MR) is 82.8 cm³/mol. The molecule has 3 heteroatoms. The van der Waals surface area contributed by atoms with Gasteiger partial charge in [-0.2, -0.15) is 0 Å². The summed E-state index contributed by atoms with van der Waals surface area (Å²) in [4.78, 5) is 12.0.